The molecule has 0 saturated heterocycles. The summed E-state index contributed by atoms with van der Waals surface area (Å²) in [6, 6.07) is 7.72. The van der Waals surface area contributed by atoms with Crippen molar-refractivity contribution >= 4 is 12.2 Å². The normalized spacial score (nSPS) is 10.4. The van der Waals surface area contributed by atoms with E-state index >= 15 is 0 Å². The van der Waals surface area contributed by atoms with Crippen molar-refractivity contribution in [3.8, 4) is 5.69 Å². The summed E-state index contributed by atoms with van der Waals surface area (Å²) in [5.74, 6) is 0. The topological polar surface area (TPSA) is 72.5 Å². The third-order valence-electron chi connectivity index (χ3n) is 1.88. The van der Waals surface area contributed by atoms with E-state index in [0.29, 0.717) is 11.3 Å². The predicted molar refractivity (Wildman–Crippen MR) is 54.4 cm³/mol. The van der Waals surface area contributed by atoms with Crippen LogP contribution in [-0.2, 0) is 6.54 Å². The van der Waals surface area contributed by atoms with E-state index in [4.69, 9.17) is 18.0 Å². The fourth-order valence-electron chi connectivity index (χ4n) is 1.19. The van der Waals surface area contributed by atoms with E-state index in [0.717, 1.165) is 11.3 Å². The van der Waals surface area contributed by atoms with Crippen LogP contribution in [0.3, 0.4) is 0 Å². The van der Waals surface area contributed by atoms with E-state index in [1.807, 2.05) is 24.3 Å². The lowest BCUT2D eigenvalue weighted by molar-refractivity contribution is 0.784. The summed E-state index contributed by atoms with van der Waals surface area (Å²) in [7, 11) is 0. The molecule has 6 heteroatoms. The summed E-state index contributed by atoms with van der Waals surface area (Å²) >= 11 is 4.97. The third-order valence-corrected chi connectivity index (χ3v) is 2.14. The maximum Gasteiger partial charge on any atom is 0.242 e. The van der Waals surface area contributed by atoms with Crippen LogP contribution in [0.25, 0.3) is 5.69 Å². The number of aromatic nitrogens is 4. The van der Waals surface area contributed by atoms with Crippen LogP contribution in [0.15, 0.2) is 24.3 Å². The maximum atomic E-state index is 5.53. The van der Waals surface area contributed by atoms with Crippen LogP contribution >= 0.6 is 12.2 Å². The standard InChI is InChI=1S/C8H9N5S/c9-5-6-2-1-3-7(4-6)13-8(14)10-11-12-13/h1-4H,5,9H2,(H,10,12,14). The second kappa shape index (κ2) is 3.69. The van der Waals surface area contributed by atoms with Gasteiger partial charge in [0.25, 0.3) is 0 Å². The molecule has 72 valence electrons. The fourth-order valence-corrected chi connectivity index (χ4v) is 1.38. The smallest absolute Gasteiger partial charge is 0.242 e. The maximum absolute atomic E-state index is 5.53. The van der Waals surface area contributed by atoms with Gasteiger partial charge >= 0.3 is 0 Å². The Balaban J connectivity index is 2.52. The Hall–Kier alpha value is -1.53. The molecule has 1 heterocycles. The molecular weight excluding hydrogens is 198 g/mol. The van der Waals surface area contributed by atoms with Crippen molar-refractivity contribution in [1.82, 2.24) is 20.2 Å². The van der Waals surface area contributed by atoms with Gasteiger partial charge in [-0.25, -0.2) is 4.68 Å². The van der Waals surface area contributed by atoms with Crippen molar-refractivity contribution < 1.29 is 0 Å². The van der Waals surface area contributed by atoms with E-state index in [2.05, 4.69) is 15.5 Å². The van der Waals surface area contributed by atoms with E-state index < -0.39 is 0 Å². The van der Waals surface area contributed by atoms with Gasteiger partial charge in [-0.05, 0) is 29.9 Å². The highest BCUT2D eigenvalue weighted by Gasteiger charge is 1.99. The van der Waals surface area contributed by atoms with Gasteiger partial charge in [0.1, 0.15) is 0 Å². The molecule has 0 amide bonds. The molecule has 1 aromatic heterocycles. The summed E-state index contributed by atoms with van der Waals surface area (Å²) < 4.78 is 2.02. The second-order valence-corrected chi connectivity index (χ2v) is 3.16. The zero-order chi connectivity index (χ0) is 9.97. The molecule has 3 N–H and O–H groups in total. The summed E-state index contributed by atoms with van der Waals surface area (Å²) in [6.07, 6.45) is 0. The number of rotatable bonds is 2. The van der Waals surface area contributed by atoms with Crippen molar-refractivity contribution in [2.24, 2.45) is 5.73 Å². The SMILES string of the molecule is NCc1cccc(-n2[nH]nnc2=S)c1. The summed E-state index contributed by atoms with van der Waals surface area (Å²) in [5, 5.41) is 9.98. The van der Waals surface area contributed by atoms with Gasteiger partial charge in [0.15, 0.2) is 0 Å². The summed E-state index contributed by atoms with van der Waals surface area (Å²) in [4.78, 5) is 0. The largest absolute Gasteiger partial charge is 0.326 e. The highest BCUT2D eigenvalue weighted by Crippen LogP contribution is 2.08. The second-order valence-electron chi connectivity index (χ2n) is 2.79. The zero-order valence-electron chi connectivity index (χ0n) is 7.34. The molecule has 0 saturated carbocycles. The molecule has 2 aromatic rings. The van der Waals surface area contributed by atoms with Crippen LogP contribution in [-0.4, -0.2) is 20.2 Å². The number of H-pyrrole nitrogens is 1. The highest BCUT2D eigenvalue weighted by molar-refractivity contribution is 7.71. The van der Waals surface area contributed by atoms with Crippen LogP contribution in [0.4, 0.5) is 0 Å². The molecule has 0 aliphatic carbocycles. The predicted octanol–water partition coefficient (Wildman–Crippen LogP) is 0.784. The molecule has 5 nitrogen and oxygen atoms in total. The summed E-state index contributed by atoms with van der Waals surface area (Å²) in [6.45, 7) is 0.503. The highest BCUT2D eigenvalue weighted by atomic mass is 32.1. The van der Waals surface area contributed by atoms with Gasteiger partial charge in [-0.1, -0.05) is 22.4 Å². The monoisotopic (exact) mass is 207 g/mol. The molecule has 0 unspecified atom stereocenters. The quantitative estimate of drug-likeness (QED) is 0.714. The van der Waals surface area contributed by atoms with Gasteiger partial charge in [0.05, 0.1) is 5.69 Å². The van der Waals surface area contributed by atoms with E-state index in [1.54, 1.807) is 4.68 Å². The Bertz CT molecular complexity index is 486. The number of hydrogen-bond donors (Lipinski definition) is 2. The number of nitrogens with zero attached hydrogens (tertiary/aromatic N) is 3. The van der Waals surface area contributed by atoms with Crippen LogP contribution < -0.4 is 5.73 Å². The lowest BCUT2D eigenvalue weighted by atomic mass is 10.2. The molecule has 0 bridgehead atoms. The average Bonchev–Trinajstić information content (AvgIpc) is 2.65. The van der Waals surface area contributed by atoms with Crippen LogP contribution in [0, 0.1) is 4.77 Å². The van der Waals surface area contributed by atoms with Crippen LogP contribution in [0.2, 0.25) is 0 Å². The van der Waals surface area contributed by atoms with E-state index in [9.17, 15) is 0 Å². The van der Waals surface area contributed by atoms with Crippen molar-refractivity contribution in [1.29, 1.82) is 0 Å². The molecule has 2 rings (SSSR count). The first-order valence-electron chi connectivity index (χ1n) is 4.11. The molecule has 0 aliphatic rings. The van der Waals surface area contributed by atoms with Crippen LogP contribution in [0.1, 0.15) is 5.56 Å². The van der Waals surface area contributed by atoms with Crippen molar-refractivity contribution in [3.05, 3.63) is 34.6 Å². The van der Waals surface area contributed by atoms with Crippen molar-refractivity contribution in [2.75, 3.05) is 0 Å². The molecule has 1 aromatic carbocycles. The van der Waals surface area contributed by atoms with Gasteiger partial charge in [-0.2, -0.15) is 5.21 Å². The number of aromatic amines is 1. The number of tetrazole rings is 1. The lowest BCUT2D eigenvalue weighted by Gasteiger charge is -2.02. The number of hydrogen-bond acceptors (Lipinski definition) is 4. The van der Waals surface area contributed by atoms with Gasteiger partial charge < -0.3 is 5.73 Å². The molecule has 0 atom stereocenters. The van der Waals surface area contributed by atoms with E-state index in [1.165, 1.54) is 0 Å². The van der Waals surface area contributed by atoms with E-state index in [-0.39, 0.29) is 0 Å². The Morgan fingerprint density at radius 2 is 2.36 bits per heavy atom. The minimum absolute atomic E-state index is 0.402. The fraction of sp³-hybridized carbons (Fsp3) is 0.125. The number of benzene rings is 1. The van der Waals surface area contributed by atoms with Gasteiger partial charge in [-0.15, -0.1) is 0 Å². The van der Waals surface area contributed by atoms with Gasteiger partial charge in [-0.3, -0.25) is 0 Å². The Morgan fingerprint density at radius 1 is 1.50 bits per heavy atom. The zero-order valence-corrected chi connectivity index (χ0v) is 8.16. The molecule has 14 heavy (non-hydrogen) atoms. The Labute approximate surface area is 85.5 Å². The van der Waals surface area contributed by atoms with Crippen LogP contribution in [0.5, 0.6) is 0 Å². The molecule has 0 aliphatic heterocycles. The third kappa shape index (κ3) is 1.57. The molecule has 0 spiro atoms. The first-order chi connectivity index (χ1) is 6.81. The minimum atomic E-state index is 0.402. The van der Waals surface area contributed by atoms with Crippen molar-refractivity contribution in [2.45, 2.75) is 6.54 Å². The average molecular weight is 207 g/mol. The number of nitrogens with one attached hydrogen (secondary N) is 1. The molecule has 0 radical (unpaired) electrons. The minimum Gasteiger partial charge on any atom is -0.326 e. The number of nitrogens with two attached hydrogens (primary N) is 1. The molecule has 0 fully saturated rings. The first-order valence-corrected chi connectivity index (χ1v) is 4.51. The summed E-state index contributed by atoms with van der Waals surface area (Å²) in [5.41, 5.74) is 7.47. The molecular formula is C8H9N5S. The Morgan fingerprint density at radius 3 is 3.00 bits per heavy atom. The van der Waals surface area contributed by atoms with Gasteiger partial charge in [0, 0.05) is 6.54 Å². The van der Waals surface area contributed by atoms with Crippen molar-refractivity contribution in [3.63, 3.8) is 0 Å². The van der Waals surface area contributed by atoms with Gasteiger partial charge in [0.2, 0.25) is 4.77 Å². The Kier molecular flexibility index (Phi) is 2.38. The lowest BCUT2D eigenvalue weighted by Crippen LogP contribution is -2.00. The first kappa shape index (κ1) is 9.04.